The lowest BCUT2D eigenvalue weighted by Crippen LogP contribution is -2.35. The average molecular weight is 279 g/mol. The Balaban J connectivity index is 2.63. The van der Waals surface area contributed by atoms with Crippen LogP contribution in [0.1, 0.15) is 37.6 Å². The quantitative estimate of drug-likeness (QED) is 0.766. The number of carbonyl (C=O) groups excluding carboxylic acids is 1. The van der Waals surface area contributed by atoms with Gasteiger partial charge in [0, 0.05) is 39.2 Å². The fourth-order valence-electron chi connectivity index (χ4n) is 1.80. The Hall–Kier alpha value is -1.62. The minimum absolute atomic E-state index is 0.00618. The zero-order valence-electron chi connectivity index (χ0n) is 12.8. The molecule has 1 heterocycles. The van der Waals surface area contributed by atoms with Crippen LogP contribution < -0.4 is 10.6 Å². The Morgan fingerprint density at radius 1 is 1.45 bits per heavy atom. The van der Waals surface area contributed by atoms with E-state index in [1.54, 1.807) is 19.5 Å². The Morgan fingerprint density at radius 3 is 2.85 bits per heavy atom. The first-order valence-electron chi connectivity index (χ1n) is 6.95. The third-order valence-electron chi connectivity index (χ3n) is 3.14. The van der Waals surface area contributed by atoms with Crippen molar-refractivity contribution in [1.82, 2.24) is 10.3 Å². The molecule has 1 aromatic rings. The lowest BCUT2D eigenvalue weighted by Gasteiger charge is -2.24. The zero-order chi connectivity index (χ0) is 15.0. The Labute approximate surface area is 121 Å². The van der Waals surface area contributed by atoms with Gasteiger partial charge in [0.05, 0.1) is 11.3 Å². The van der Waals surface area contributed by atoms with E-state index in [4.69, 9.17) is 4.74 Å². The molecule has 0 unspecified atom stereocenters. The average Bonchev–Trinajstić information content (AvgIpc) is 2.44. The summed E-state index contributed by atoms with van der Waals surface area (Å²) in [7, 11) is 1.69. The maximum atomic E-state index is 12.2. The molecule has 0 radical (unpaired) electrons. The normalized spacial score (nSPS) is 11.2. The van der Waals surface area contributed by atoms with Gasteiger partial charge in [-0.15, -0.1) is 0 Å². The molecule has 112 valence electrons. The van der Waals surface area contributed by atoms with Crippen LogP contribution in [0.4, 0.5) is 5.69 Å². The Morgan fingerprint density at radius 2 is 2.20 bits per heavy atom. The lowest BCUT2D eigenvalue weighted by atomic mass is 9.89. The van der Waals surface area contributed by atoms with Crippen LogP contribution in [-0.4, -0.2) is 37.7 Å². The topological polar surface area (TPSA) is 63.2 Å². The molecule has 0 saturated carbocycles. The van der Waals surface area contributed by atoms with Crippen molar-refractivity contribution in [3.05, 3.63) is 24.0 Å². The van der Waals surface area contributed by atoms with Crippen LogP contribution in [0, 0.1) is 5.41 Å². The van der Waals surface area contributed by atoms with Gasteiger partial charge in [-0.3, -0.25) is 9.78 Å². The molecule has 0 aromatic carbocycles. The highest BCUT2D eigenvalue weighted by Crippen LogP contribution is 2.19. The second-order valence-corrected chi connectivity index (χ2v) is 5.54. The van der Waals surface area contributed by atoms with Crippen molar-refractivity contribution >= 4 is 11.6 Å². The molecule has 0 aliphatic rings. The van der Waals surface area contributed by atoms with Crippen LogP contribution in [0.15, 0.2) is 18.5 Å². The summed E-state index contributed by atoms with van der Waals surface area (Å²) >= 11 is 0. The third-order valence-corrected chi connectivity index (χ3v) is 3.14. The van der Waals surface area contributed by atoms with Gasteiger partial charge in [-0.1, -0.05) is 13.8 Å². The summed E-state index contributed by atoms with van der Waals surface area (Å²) in [6, 6.07) is 1.81. The van der Waals surface area contributed by atoms with E-state index >= 15 is 0 Å². The monoisotopic (exact) mass is 279 g/mol. The molecule has 0 aliphatic heterocycles. The third kappa shape index (κ3) is 5.17. The molecule has 1 rings (SSSR count). The highest BCUT2D eigenvalue weighted by atomic mass is 16.5. The van der Waals surface area contributed by atoms with E-state index in [0.717, 1.165) is 18.7 Å². The number of amides is 1. The van der Waals surface area contributed by atoms with Gasteiger partial charge in [0.2, 0.25) is 0 Å². The molecule has 20 heavy (non-hydrogen) atoms. The van der Waals surface area contributed by atoms with Gasteiger partial charge in [-0.2, -0.15) is 0 Å². The van der Waals surface area contributed by atoms with E-state index in [1.165, 1.54) is 0 Å². The maximum Gasteiger partial charge on any atom is 0.254 e. The van der Waals surface area contributed by atoms with Crippen LogP contribution >= 0.6 is 0 Å². The van der Waals surface area contributed by atoms with Gasteiger partial charge in [-0.05, 0) is 24.8 Å². The first kappa shape index (κ1) is 16.4. The van der Waals surface area contributed by atoms with E-state index in [0.29, 0.717) is 18.7 Å². The summed E-state index contributed by atoms with van der Waals surface area (Å²) < 4.78 is 5.09. The molecule has 5 heteroatoms. The summed E-state index contributed by atoms with van der Waals surface area (Å²) in [5.74, 6) is -0.0976. The van der Waals surface area contributed by atoms with Crippen molar-refractivity contribution in [2.75, 3.05) is 32.1 Å². The van der Waals surface area contributed by atoms with Crippen molar-refractivity contribution in [3.63, 3.8) is 0 Å². The highest BCUT2D eigenvalue weighted by Gasteiger charge is 2.20. The number of hydrogen-bond acceptors (Lipinski definition) is 4. The number of anilines is 1. The van der Waals surface area contributed by atoms with Crippen molar-refractivity contribution < 1.29 is 9.53 Å². The van der Waals surface area contributed by atoms with Gasteiger partial charge in [0.15, 0.2) is 0 Å². The van der Waals surface area contributed by atoms with Crippen LogP contribution in [0.2, 0.25) is 0 Å². The number of pyridine rings is 1. The SMILES string of the molecule is CCNc1ccncc1C(=O)NCC(C)(C)CCOC. The predicted molar refractivity (Wildman–Crippen MR) is 81.0 cm³/mol. The molecular formula is C15H25N3O2. The fourth-order valence-corrected chi connectivity index (χ4v) is 1.80. The van der Waals surface area contributed by atoms with E-state index in [1.807, 2.05) is 13.0 Å². The van der Waals surface area contributed by atoms with Gasteiger partial charge < -0.3 is 15.4 Å². The molecule has 1 amide bonds. The number of aromatic nitrogens is 1. The number of methoxy groups -OCH3 is 1. The summed E-state index contributed by atoms with van der Waals surface area (Å²) in [5, 5.41) is 6.14. The molecule has 2 N–H and O–H groups in total. The summed E-state index contributed by atoms with van der Waals surface area (Å²) in [4.78, 5) is 16.3. The van der Waals surface area contributed by atoms with Crippen molar-refractivity contribution in [2.24, 2.45) is 5.41 Å². The van der Waals surface area contributed by atoms with E-state index in [2.05, 4.69) is 29.5 Å². The number of nitrogens with one attached hydrogen (secondary N) is 2. The standard InChI is InChI=1S/C15H25N3O2/c1-5-17-13-6-8-16-10-12(13)14(19)18-11-15(2,3)7-9-20-4/h6,8,10H,5,7,9,11H2,1-4H3,(H,16,17)(H,18,19). The molecule has 0 bridgehead atoms. The van der Waals surface area contributed by atoms with Crippen molar-refractivity contribution in [3.8, 4) is 0 Å². The van der Waals surface area contributed by atoms with Gasteiger partial charge in [0.25, 0.3) is 5.91 Å². The number of carbonyl (C=O) groups is 1. The summed E-state index contributed by atoms with van der Waals surface area (Å²) in [6.07, 6.45) is 4.17. The first-order chi connectivity index (χ1) is 9.50. The lowest BCUT2D eigenvalue weighted by molar-refractivity contribution is 0.0921. The molecule has 0 spiro atoms. The largest absolute Gasteiger partial charge is 0.385 e. The second kappa shape index (κ2) is 7.85. The van der Waals surface area contributed by atoms with Crippen molar-refractivity contribution in [2.45, 2.75) is 27.2 Å². The molecule has 0 aliphatic carbocycles. The number of hydrogen-bond donors (Lipinski definition) is 2. The van der Waals surface area contributed by atoms with Gasteiger partial charge in [-0.25, -0.2) is 0 Å². The highest BCUT2D eigenvalue weighted by molar-refractivity contribution is 5.99. The van der Waals surface area contributed by atoms with Crippen LogP contribution in [0.25, 0.3) is 0 Å². The maximum absolute atomic E-state index is 12.2. The zero-order valence-corrected chi connectivity index (χ0v) is 12.8. The number of nitrogens with zero attached hydrogens (tertiary/aromatic N) is 1. The predicted octanol–water partition coefficient (Wildman–Crippen LogP) is 2.31. The minimum Gasteiger partial charge on any atom is -0.385 e. The number of rotatable bonds is 8. The first-order valence-corrected chi connectivity index (χ1v) is 6.95. The molecule has 0 saturated heterocycles. The van der Waals surface area contributed by atoms with E-state index in [-0.39, 0.29) is 11.3 Å². The van der Waals surface area contributed by atoms with Crippen LogP contribution in [-0.2, 0) is 4.74 Å². The van der Waals surface area contributed by atoms with E-state index in [9.17, 15) is 4.79 Å². The molecular weight excluding hydrogens is 254 g/mol. The molecule has 5 nitrogen and oxygen atoms in total. The molecule has 0 atom stereocenters. The van der Waals surface area contributed by atoms with Gasteiger partial charge >= 0.3 is 0 Å². The number of ether oxygens (including phenoxy) is 1. The smallest absolute Gasteiger partial charge is 0.254 e. The molecule has 1 aromatic heterocycles. The second-order valence-electron chi connectivity index (χ2n) is 5.54. The fraction of sp³-hybridized carbons (Fsp3) is 0.600. The van der Waals surface area contributed by atoms with Gasteiger partial charge in [0.1, 0.15) is 0 Å². The summed E-state index contributed by atoms with van der Waals surface area (Å²) in [5.41, 5.74) is 1.40. The minimum atomic E-state index is -0.0976. The Bertz CT molecular complexity index is 433. The van der Waals surface area contributed by atoms with Crippen LogP contribution in [0.5, 0.6) is 0 Å². The van der Waals surface area contributed by atoms with E-state index < -0.39 is 0 Å². The van der Waals surface area contributed by atoms with Crippen molar-refractivity contribution in [1.29, 1.82) is 0 Å². The van der Waals surface area contributed by atoms with Crippen LogP contribution in [0.3, 0.4) is 0 Å². The summed E-state index contributed by atoms with van der Waals surface area (Å²) in [6.45, 7) is 8.29. The Kier molecular flexibility index (Phi) is 6.45. The molecule has 0 fully saturated rings.